The molecule has 0 atom stereocenters. The summed E-state index contributed by atoms with van der Waals surface area (Å²) < 4.78 is 5.24. The van der Waals surface area contributed by atoms with Crippen LogP contribution in [-0.2, 0) is 0 Å². The van der Waals surface area contributed by atoms with Gasteiger partial charge in [-0.1, -0.05) is 0 Å². The van der Waals surface area contributed by atoms with Crippen molar-refractivity contribution in [2.75, 3.05) is 23.8 Å². The Balaban J connectivity index is 2.05. The highest BCUT2D eigenvalue weighted by molar-refractivity contribution is 6.02. The molecule has 21 heavy (non-hydrogen) atoms. The average Bonchev–Trinajstić information content (AvgIpc) is 2.50. The van der Waals surface area contributed by atoms with Gasteiger partial charge >= 0.3 is 0 Å². The Hall–Kier alpha value is -2.70. The standard InChI is InChI=1S/C14H17N5O2/c1-3-16-12-9-15-8-11(19-12)14(20)18-10-5-6-13(17-7-10)21-4-2/h5-9H,3-4H2,1-2H3,(H,16,19)(H,18,20). The average molecular weight is 287 g/mol. The fourth-order valence-electron chi connectivity index (χ4n) is 1.62. The lowest BCUT2D eigenvalue weighted by Crippen LogP contribution is -2.15. The number of anilines is 2. The highest BCUT2D eigenvalue weighted by Gasteiger charge is 2.09. The molecule has 0 saturated carbocycles. The fourth-order valence-corrected chi connectivity index (χ4v) is 1.62. The van der Waals surface area contributed by atoms with Crippen LogP contribution in [-0.4, -0.2) is 34.0 Å². The molecule has 2 N–H and O–H groups in total. The summed E-state index contributed by atoms with van der Waals surface area (Å²) in [4.78, 5) is 24.3. The number of pyridine rings is 1. The summed E-state index contributed by atoms with van der Waals surface area (Å²) in [5.74, 6) is 0.743. The first kappa shape index (κ1) is 14.7. The predicted molar refractivity (Wildman–Crippen MR) is 79.6 cm³/mol. The van der Waals surface area contributed by atoms with Gasteiger partial charge in [0.2, 0.25) is 5.88 Å². The van der Waals surface area contributed by atoms with E-state index in [9.17, 15) is 4.79 Å². The number of nitrogens with one attached hydrogen (secondary N) is 2. The third-order valence-corrected chi connectivity index (χ3v) is 2.51. The molecule has 2 aromatic rings. The monoisotopic (exact) mass is 287 g/mol. The van der Waals surface area contributed by atoms with Crippen LogP contribution in [0.3, 0.4) is 0 Å². The molecule has 0 saturated heterocycles. The molecular formula is C14H17N5O2. The van der Waals surface area contributed by atoms with Crippen LogP contribution < -0.4 is 15.4 Å². The zero-order chi connectivity index (χ0) is 15.1. The molecule has 0 aromatic carbocycles. The molecule has 110 valence electrons. The van der Waals surface area contributed by atoms with Crippen LogP contribution in [0.1, 0.15) is 24.3 Å². The SMILES string of the molecule is CCNc1cncc(C(=O)Nc2ccc(OCC)nc2)n1. The van der Waals surface area contributed by atoms with Crippen LogP contribution in [0.2, 0.25) is 0 Å². The van der Waals surface area contributed by atoms with Crippen LogP contribution in [0, 0.1) is 0 Å². The quantitative estimate of drug-likeness (QED) is 0.844. The van der Waals surface area contributed by atoms with Gasteiger partial charge in [-0.25, -0.2) is 9.97 Å². The van der Waals surface area contributed by atoms with E-state index < -0.39 is 0 Å². The van der Waals surface area contributed by atoms with Crippen molar-refractivity contribution in [1.82, 2.24) is 15.0 Å². The van der Waals surface area contributed by atoms with E-state index in [0.717, 1.165) is 0 Å². The maximum absolute atomic E-state index is 12.1. The lowest BCUT2D eigenvalue weighted by atomic mass is 10.3. The molecule has 0 aliphatic heterocycles. The molecular weight excluding hydrogens is 270 g/mol. The molecule has 2 heterocycles. The molecule has 0 spiro atoms. The maximum Gasteiger partial charge on any atom is 0.275 e. The first-order valence-corrected chi connectivity index (χ1v) is 6.69. The molecule has 7 nitrogen and oxygen atoms in total. The zero-order valence-corrected chi connectivity index (χ0v) is 12.0. The van der Waals surface area contributed by atoms with E-state index in [1.165, 1.54) is 12.4 Å². The van der Waals surface area contributed by atoms with Gasteiger partial charge in [-0.05, 0) is 19.9 Å². The second kappa shape index (κ2) is 7.18. The van der Waals surface area contributed by atoms with Gasteiger partial charge in [0.1, 0.15) is 11.5 Å². The van der Waals surface area contributed by atoms with Gasteiger partial charge < -0.3 is 15.4 Å². The third kappa shape index (κ3) is 4.13. The van der Waals surface area contributed by atoms with Gasteiger partial charge in [-0.15, -0.1) is 0 Å². The normalized spacial score (nSPS) is 10.0. The van der Waals surface area contributed by atoms with Gasteiger partial charge in [-0.2, -0.15) is 0 Å². The minimum absolute atomic E-state index is 0.238. The lowest BCUT2D eigenvalue weighted by Gasteiger charge is -2.07. The smallest absolute Gasteiger partial charge is 0.275 e. The Morgan fingerprint density at radius 2 is 2.10 bits per heavy atom. The van der Waals surface area contributed by atoms with Crippen molar-refractivity contribution in [3.63, 3.8) is 0 Å². The molecule has 2 aromatic heterocycles. The summed E-state index contributed by atoms with van der Waals surface area (Å²) >= 11 is 0. The van der Waals surface area contributed by atoms with E-state index in [2.05, 4.69) is 25.6 Å². The van der Waals surface area contributed by atoms with E-state index in [1.54, 1.807) is 18.3 Å². The Bertz CT molecular complexity index is 601. The number of hydrogen-bond donors (Lipinski definition) is 2. The number of carbonyl (C=O) groups is 1. The number of nitrogens with zero attached hydrogens (tertiary/aromatic N) is 3. The Kier molecular flexibility index (Phi) is 5.03. The molecule has 2 rings (SSSR count). The number of rotatable bonds is 6. The van der Waals surface area contributed by atoms with Crippen molar-refractivity contribution >= 4 is 17.4 Å². The van der Waals surface area contributed by atoms with Gasteiger partial charge in [-0.3, -0.25) is 9.78 Å². The van der Waals surface area contributed by atoms with E-state index in [0.29, 0.717) is 30.5 Å². The van der Waals surface area contributed by atoms with Crippen molar-refractivity contribution in [2.24, 2.45) is 0 Å². The summed E-state index contributed by atoms with van der Waals surface area (Å²) in [7, 11) is 0. The zero-order valence-electron chi connectivity index (χ0n) is 12.0. The molecule has 0 bridgehead atoms. The summed E-state index contributed by atoms with van der Waals surface area (Å²) in [5, 5.41) is 5.72. The number of aromatic nitrogens is 3. The summed E-state index contributed by atoms with van der Waals surface area (Å²) in [5.41, 5.74) is 0.807. The first-order valence-electron chi connectivity index (χ1n) is 6.69. The Morgan fingerprint density at radius 3 is 2.76 bits per heavy atom. The molecule has 0 aliphatic carbocycles. The molecule has 0 unspecified atom stereocenters. The number of ether oxygens (including phenoxy) is 1. The van der Waals surface area contributed by atoms with Crippen molar-refractivity contribution in [3.8, 4) is 5.88 Å². The summed E-state index contributed by atoms with van der Waals surface area (Å²) in [6, 6.07) is 3.41. The van der Waals surface area contributed by atoms with Crippen molar-refractivity contribution in [2.45, 2.75) is 13.8 Å². The van der Waals surface area contributed by atoms with Gasteiger partial charge in [0.25, 0.3) is 5.91 Å². The molecule has 1 amide bonds. The van der Waals surface area contributed by atoms with Gasteiger partial charge in [0.15, 0.2) is 0 Å². The second-order valence-corrected chi connectivity index (χ2v) is 4.09. The number of hydrogen-bond acceptors (Lipinski definition) is 6. The minimum atomic E-state index is -0.340. The highest BCUT2D eigenvalue weighted by atomic mass is 16.5. The fraction of sp³-hybridized carbons (Fsp3) is 0.286. The molecule has 0 radical (unpaired) electrons. The van der Waals surface area contributed by atoms with E-state index in [-0.39, 0.29) is 11.6 Å². The first-order chi connectivity index (χ1) is 10.2. The van der Waals surface area contributed by atoms with Crippen LogP contribution >= 0.6 is 0 Å². The van der Waals surface area contributed by atoms with E-state index in [4.69, 9.17) is 4.74 Å². The molecule has 7 heteroatoms. The van der Waals surface area contributed by atoms with E-state index in [1.807, 2.05) is 13.8 Å². The predicted octanol–water partition coefficient (Wildman–Crippen LogP) is 1.95. The topological polar surface area (TPSA) is 89.0 Å². The van der Waals surface area contributed by atoms with Crippen molar-refractivity contribution < 1.29 is 9.53 Å². The lowest BCUT2D eigenvalue weighted by molar-refractivity contribution is 0.102. The summed E-state index contributed by atoms with van der Waals surface area (Å²) in [6.45, 7) is 5.08. The van der Waals surface area contributed by atoms with Crippen LogP contribution in [0.4, 0.5) is 11.5 Å². The van der Waals surface area contributed by atoms with Gasteiger partial charge in [0.05, 0.1) is 30.9 Å². The Morgan fingerprint density at radius 1 is 1.24 bits per heavy atom. The number of amides is 1. The third-order valence-electron chi connectivity index (χ3n) is 2.51. The van der Waals surface area contributed by atoms with Crippen LogP contribution in [0.5, 0.6) is 5.88 Å². The molecule has 0 fully saturated rings. The highest BCUT2D eigenvalue weighted by Crippen LogP contribution is 2.12. The van der Waals surface area contributed by atoms with Crippen molar-refractivity contribution in [1.29, 1.82) is 0 Å². The second-order valence-electron chi connectivity index (χ2n) is 4.09. The summed E-state index contributed by atoms with van der Waals surface area (Å²) in [6.07, 6.45) is 4.52. The van der Waals surface area contributed by atoms with Crippen LogP contribution in [0.15, 0.2) is 30.7 Å². The minimum Gasteiger partial charge on any atom is -0.478 e. The maximum atomic E-state index is 12.1. The van der Waals surface area contributed by atoms with Gasteiger partial charge in [0, 0.05) is 12.6 Å². The van der Waals surface area contributed by atoms with Crippen molar-refractivity contribution in [3.05, 3.63) is 36.4 Å². The van der Waals surface area contributed by atoms with E-state index >= 15 is 0 Å². The Labute approximate surface area is 122 Å². The molecule has 0 aliphatic rings. The number of carbonyl (C=O) groups excluding carboxylic acids is 1. The largest absolute Gasteiger partial charge is 0.478 e. The van der Waals surface area contributed by atoms with Crippen LogP contribution in [0.25, 0.3) is 0 Å².